The molecule has 1 unspecified atom stereocenters. The van der Waals surface area contributed by atoms with Gasteiger partial charge in [0.1, 0.15) is 23.1 Å². The maximum absolute atomic E-state index is 14.7. The second kappa shape index (κ2) is 22.4. The molecule has 55 heavy (non-hydrogen) atoms. The van der Waals surface area contributed by atoms with Crippen molar-refractivity contribution in [1.29, 1.82) is 0 Å². The molecule has 0 spiro atoms. The standard InChI is InChI=1S/C46H48F6O3/c1-4-6-27-55-42-26-23-37(45(51)46(42)52)20-18-35-22-25-39(31-41(35)48)54-29-12-8-10-14-33(5-2)13-9-7-11-28-53-38-24-21-34(40(47)30-38)17-19-36-16-15-32(3)43(49)44(36)50/h15-16,21-26,30-31,33H,4-14,27-29H2,1-3H3. The van der Waals surface area contributed by atoms with E-state index in [1.54, 1.807) is 12.1 Å². The highest BCUT2D eigenvalue weighted by Gasteiger charge is 2.14. The van der Waals surface area contributed by atoms with E-state index < -0.39 is 34.9 Å². The lowest BCUT2D eigenvalue weighted by Gasteiger charge is -2.15. The zero-order valence-electron chi connectivity index (χ0n) is 31.7. The van der Waals surface area contributed by atoms with Gasteiger partial charge >= 0.3 is 0 Å². The largest absolute Gasteiger partial charge is 0.493 e. The smallest absolute Gasteiger partial charge is 0.201 e. The van der Waals surface area contributed by atoms with E-state index >= 15 is 0 Å². The van der Waals surface area contributed by atoms with Crippen LogP contribution in [0.5, 0.6) is 17.2 Å². The second-order valence-electron chi connectivity index (χ2n) is 13.5. The molecule has 0 radical (unpaired) electrons. The molecule has 0 aliphatic rings. The zero-order valence-corrected chi connectivity index (χ0v) is 31.7. The predicted octanol–water partition coefficient (Wildman–Crippen LogP) is 12.4. The van der Waals surface area contributed by atoms with Crippen molar-refractivity contribution in [1.82, 2.24) is 0 Å². The van der Waals surface area contributed by atoms with Crippen LogP contribution in [0.4, 0.5) is 26.3 Å². The highest BCUT2D eigenvalue weighted by molar-refractivity contribution is 5.48. The van der Waals surface area contributed by atoms with Gasteiger partial charge in [-0.15, -0.1) is 0 Å². The van der Waals surface area contributed by atoms with Crippen LogP contribution in [0.2, 0.25) is 0 Å². The minimum Gasteiger partial charge on any atom is -0.493 e. The number of aryl methyl sites for hydroxylation is 1. The predicted molar refractivity (Wildman–Crippen MR) is 204 cm³/mol. The molecule has 0 aliphatic heterocycles. The minimum absolute atomic E-state index is 0.0522. The van der Waals surface area contributed by atoms with Crippen molar-refractivity contribution < 1.29 is 40.6 Å². The minimum atomic E-state index is -1.13. The van der Waals surface area contributed by atoms with E-state index in [0.717, 1.165) is 70.6 Å². The van der Waals surface area contributed by atoms with Gasteiger partial charge in [0.2, 0.25) is 5.82 Å². The fourth-order valence-corrected chi connectivity index (χ4v) is 5.81. The molecular formula is C46H48F6O3. The molecule has 0 saturated carbocycles. The summed E-state index contributed by atoms with van der Waals surface area (Å²) in [4.78, 5) is 0. The van der Waals surface area contributed by atoms with Crippen molar-refractivity contribution >= 4 is 0 Å². The number of ether oxygens (including phenoxy) is 3. The van der Waals surface area contributed by atoms with Crippen LogP contribution < -0.4 is 14.2 Å². The number of halogens is 6. The third kappa shape index (κ3) is 13.4. The monoisotopic (exact) mass is 762 g/mol. The molecule has 0 N–H and O–H groups in total. The number of hydrogen-bond acceptors (Lipinski definition) is 3. The van der Waals surface area contributed by atoms with Gasteiger partial charge < -0.3 is 14.2 Å². The zero-order chi connectivity index (χ0) is 39.6. The summed E-state index contributed by atoms with van der Waals surface area (Å²) < 4.78 is 103. The van der Waals surface area contributed by atoms with Gasteiger partial charge in [-0.2, -0.15) is 4.39 Å². The van der Waals surface area contributed by atoms with E-state index in [2.05, 4.69) is 30.6 Å². The van der Waals surface area contributed by atoms with Crippen LogP contribution in [0.25, 0.3) is 0 Å². The molecule has 292 valence electrons. The lowest BCUT2D eigenvalue weighted by atomic mass is 9.93. The number of rotatable bonds is 19. The van der Waals surface area contributed by atoms with Gasteiger partial charge in [-0.05, 0) is 80.1 Å². The first-order chi connectivity index (χ1) is 26.6. The van der Waals surface area contributed by atoms with Crippen LogP contribution in [0, 0.1) is 71.4 Å². The fourth-order valence-electron chi connectivity index (χ4n) is 5.81. The first-order valence-electron chi connectivity index (χ1n) is 19.0. The molecule has 0 aromatic heterocycles. The van der Waals surface area contributed by atoms with Crippen molar-refractivity contribution in [2.45, 2.75) is 91.4 Å². The van der Waals surface area contributed by atoms with Crippen LogP contribution in [0.3, 0.4) is 0 Å². The maximum Gasteiger partial charge on any atom is 0.201 e. The van der Waals surface area contributed by atoms with E-state index in [0.29, 0.717) is 30.6 Å². The molecule has 0 amide bonds. The Morgan fingerprint density at radius 1 is 0.491 bits per heavy atom. The molecule has 3 nitrogen and oxygen atoms in total. The Labute approximate surface area is 321 Å². The molecule has 4 rings (SSSR count). The molecule has 0 saturated heterocycles. The molecule has 1 atom stereocenters. The quantitative estimate of drug-likeness (QED) is 0.0541. The Bertz CT molecular complexity index is 1990. The van der Waals surface area contributed by atoms with Gasteiger partial charge in [-0.25, -0.2) is 22.0 Å². The summed E-state index contributed by atoms with van der Waals surface area (Å²) in [6, 6.07) is 14.1. The van der Waals surface area contributed by atoms with Gasteiger partial charge in [0.15, 0.2) is 23.2 Å². The van der Waals surface area contributed by atoms with Crippen LogP contribution in [0.15, 0.2) is 60.7 Å². The molecule has 0 fully saturated rings. The topological polar surface area (TPSA) is 27.7 Å². The Hall–Kier alpha value is -5.02. The van der Waals surface area contributed by atoms with Gasteiger partial charge in [0.25, 0.3) is 0 Å². The molecule has 9 heteroatoms. The van der Waals surface area contributed by atoms with Crippen LogP contribution in [-0.4, -0.2) is 19.8 Å². The van der Waals surface area contributed by atoms with Gasteiger partial charge in [-0.3, -0.25) is 0 Å². The Morgan fingerprint density at radius 3 is 1.47 bits per heavy atom. The van der Waals surface area contributed by atoms with E-state index in [1.165, 1.54) is 55.5 Å². The normalized spacial score (nSPS) is 11.3. The van der Waals surface area contributed by atoms with Crippen molar-refractivity contribution in [3.63, 3.8) is 0 Å². The summed E-state index contributed by atoms with van der Waals surface area (Å²) in [5.41, 5.74) is -0.0110. The number of benzene rings is 4. The fraction of sp³-hybridized carbons (Fsp3) is 0.391. The van der Waals surface area contributed by atoms with Crippen LogP contribution >= 0.6 is 0 Å². The molecule has 4 aromatic rings. The molecular weight excluding hydrogens is 714 g/mol. The highest BCUT2D eigenvalue weighted by Crippen LogP contribution is 2.25. The first-order valence-corrected chi connectivity index (χ1v) is 19.0. The molecule has 0 aliphatic carbocycles. The Morgan fingerprint density at radius 2 is 0.964 bits per heavy atom. The van der Waals surface area contributed by atoms with E-state index in [9.17, 15) is 26.3 Å². The Balaban J connectivity index is 1.08. The second-order valence-corrected chi connectivity index (χ2v) is 13.5. The third-order valence-corrected chi connectivity index (χ3v) is 9.25. The number of unbranched alkanes of at least 4 members (excludes halogenated alkanes) is 5. The maximum atomic E-state index is 14.7. The van der Waals surface area contributed by atoms with Crippen molar-refractivity contribution in [2.75, 3.05) is 19.8 Å². The molecule has 0 bridgehead atoms. The molecule has 0 heterocycles. The first kappa shape index (κ1) is 42.7. The lowest BCUT2D eigenvalue weighted by Crippen LogP contribution is -2.02. The summed E-state index contributed by atoms with van der Waals surface area (Å²) >= 11 is 0. The van der Waals surface area contributed by atoms with Crippen LogP contribution in [0.1, 0.15) is 112 Å². The molecule has 4 aromatic carbocycles. The van der Waals surface area contributed by atoms with Crippen molar-refractivity contribution in [3.05, 3.63) is 123 Å². The highest BCUT2D eigenvalue weighted by atomic mass is 19.2. The summed E-state index contributed by atoms with van der Waals surface area (Å²) in [6.07, 6.45) is 10.7. The summed E-state index contributed by atoms with van der Waals surface area (Å²) in [5.74, 6) is 5.94. The lowest BCUT2D eigenvalue weighted by molar-refractivity contribution is 0.288. The average Bonchev–Trinajstić information content (AvgIpc) is 3.18. The van der Waals surface area contributed by atoms with Gasteiger partial charge in [0, 0.05) is 12.1 Å². The summed E-state index contributed by atoms with van der Waals surface area (Å²) in [7, 11) is 0. The van der Waals surface area contributed by atoms with E-state index in [-0.39, 0.29) is 40.2 Å². The van der Waals surface area contributed by atoms with Gasteiger partial charge in [-0.1, -0.05) is 95.0 Å². The summed E-state index contributed by atoms with van der Waals surface area (Å²) in [6.45, 7) is 6.82. The van der Waals surface area contributed by atoms with Gasteiger partial charge in [0.05, 0.1) is 42.1 Å². The third-order valence-electron chi connectivity index (χ3n) is 9.25. The SMILES string of the molecule is CCCCOc1ccc(C#Cc2ccc(OCCCCCC(CC)CCCCCOc3ccc(C#Cc4ccc(C)c(F)c4F)c(F)c3)cc2F)c(F)c1F. The van der Waals surface area contributed by atoms with E-state index in [1.807, 2.05) is 6.92 Å². The van der Waals surface area contributed by atoms with Crippen molar-refractivity contribution in [2.24, 2.45) is 5.92 Å². The summed E-state index contributed by atoms with van der Waals surface area (Å²) in [5, 5.41) is 0. The van der Waals surface area contributed by atoms with Crippen molar-refractivity contribution in [3.8, 4) is 40.9 Å². The number of hydrogen-bond donors (Lipinski definition) is 0. The van der Waals surface area contributed by atoms with Crippen LogP contribution in [-0.2, 0) is 0 Å². The Kier molecular flexibility index (Phi) is 17.4. The average molecular weight is 763 g/mol. The van der Waals surface area contributed by atoms with E-state index in [4.69, 9.17) is 14.2 Å².